The van der Waals surface area contributed by atoms with Crippen LogP contribution in [0.5, 0.6) is 11.5 Å². The quantitative estimate of drug-likeness (QED) is 0.885. The SMILES string of the molecule is COc1cc(C)c(CNC(=O)[C@H]2OCOc3ccccc32)cc1C(C)C. The second-order valence-corrected chi connectivity index (χ2v) is 6.74. The van der Waals surface area contributed by atoms with Crippen molar-refractivity contribution in [2.45, 2.75) is 39.3 Å². The molecule has 1 aliphatic heterocycles. The predicted molar refractivity (Wildman–Crippen MR) is 99.4 cm³/mol. The number of hydrogen-bond donors (Lipinski definition) is 1. The lowest BCUT2D eigenvalue weighted by Gasteiger charge is -2.25. The molecule has 5 heteroatoms. The molecule has 5 nitrogen and oxygen atoms in total. The van der Waals surface area contributed by atoms with E-state index in [9.17, 15) is 4.79 Å². The van der Waals surface area contributed by atoms with Crippen LogP contribution in [0.15, 0.2) is 36.4 Å². The Morgan fingerprint density at radius 1 is 1.31 bits per heavy atom. The van der Waals surface area contributed by atoms with Gasteiger partial charge in [-0.2, -0.15) is 0 Å². The first kappa shape index (κ1) is 18.3. The maximum atomic E-state index is 12.7. The van der Waals surface area contributed by atoms with Gasteiger partial charge in [0, 0.05) is 12.1 Å². The van der Waals surface area contributed by atoms with E-state index in [-0.39, 0.29) is 12.7 Å². The van der Waals surface area contributed by atoms with Crippen LogP contribution in [0.2, 0.25) is 0 Å². The van der Waals surface area contributed by atoms with E-state index in [2.05, 4.69) is 25.2 Å². The zero-order chi connectivity index (χ0) is 18.7. The number of methoxy groups -OCH3 is 1. The van der Waals surface area contributed by atoms with Crippen LogP contribution >= 0.6 is 0 Å². The van der Waals surface area contributed by atoms with Gasteiger partial charge in [-0.15, -0.1) is 0 Å². The molecule has 1 N–H and O–H groups in total. The number of amides is 1. The van der Waals surface area contributed by atoms with Crippen LogP contribution in [0.3, 0.4) is 0 Å². The Morgan fingerprint density at radius 2 is 2.08 bits per heavy atom. The summed E-state index contributed by atoms with van der Waals surface area (Å²) in [6, 6.07) is 11.6. The van der Waals surface area contributed by atoms with Gasteiger partial charge in [0.1, 0.15) is 11.5 Å². The molecule has 0 fully saturated rings. The van der Waals surface area contributed by atoms with Crippen molar-refractivity contribution in [1.82, 2.24) is 5.32 Å². The molecule has 1 atom stereocenters. The van der Waals surface area contributed by atoms with E-state index in [4.69, 9.17) is 14.2 Å². The van der Waals surface area contributed by atoms with Crippen LogP contribution in [0.25, 0.3) is 0 Å². The molecule has 2 aromatic carbocycles. The van der Waals surface area contributed by atoms with Crippen LogP contribution in [0.4, 0.5) is 0 Å². The molecular weight excluding hydrogens is 330 g/mol. The molecule has 1 aliphatic rings. The van der Waals surface area contributed by atoms with Crippen molar-refractivity contribution in [3.8, 4) is 11.5 Å². The summed E-state index contributed by atoms with van der Waals surface area (Å²) in [4.78, 5) is 12.7. The summed E-state index contributed by atoms with van der Waals surface area (Å²) in [6.45, 7) is 6.80. The van der Waals surface area contributed by atoms with E-state index in [1.165, 1.54) is 0 Å². The van der Waals surface area contributed by atoms with Gasteiger partial charge in [-0.1, -0.05) is 32.0 Å². The highest BCUT2D eigenvalue weighted by molar-refractivity contribution is 5.83. The summed E-state index contributed by atoms with van der Waals surface area (Å²) in [5.41, 5.74) is 4.05. The summed E-state index contributed by atoms with van der Waals surface area (Å²) < 4.78 is 16.4. The topological polar surface area (TPSA) is 56.8 Å². The molecule has 138 valence electrons. The average molecular weight is 355 g/mol. The molecule has 2 aromatic rings. The molecule has 3 rings (SSSR count). The van der Waals surface area contributed by atoms with Gasteiger partial charge >= 0.3 is 0 Å². The van der Waals surface area contributed by atoms with Crippen molar-refractivity contribution in [2.24, 2.45) is 0 Å². The van der Waals surface area contributed by atoms with Gasteiger partial charge in [0.2, 0.25) is 0 Å². The Kier molecular flexibility index (Phi) is 5.47. The number of benzene rings is 2. The summed E-state index contributed by atoms with van der Waals surface area (Å²) in [7, 11) is 1.68. The van der Waals surface area contributed by atoms with Crippen molar-refractivity contribution < 1.29 is 19.0 Å². The molecule has 0 unspecified atom stereocenters. The normalized spacial score (nSPS) is 16.0. The number of fused-ring (bicyclic) bond motifs is 1. The van der Waals surface area contributed by atoms with Crippen molar-refractivity contribution in [3.05, 3.63) is 58.7 Å². The van der Waals surface area contributed by atoms with Crippen LogP contribution < -0.4 is 14.8 Å². The second-order valence-electron chi connectivity index (χ2n) is 6.74. The van der Waals surface area contributed by atoms with Gasteiger partial charge in [-0.05, 0) is 47.7 Å². The molecule has 0 aromatic heterocycles. The number of rotatable bonds is 5. The van der Waals surface area contributed by atoms with Crippen LogP contribution in [0.1, 0.15) is 48.1 Å². The lowest BCUT2D eigenvalue weighted by Crippen LogP contribution is -2.33. The minimum absolute atomic E-state index is 0.0775. The smallest absolute Gasteiger partial charge is 0.254 e. The fourth-order valence-electron chi connectivity index (χ4n) is 3.14. The molecule has 0 spiro atoms. The molecule has 0 saturated carbocycles. The van der Waals surface area contributed by atoms with Crippen LogP contribution in [-0.4, -0.2) is 19.8 Å². The predicted octanol–water partition coefficient (Wildman–Crippen LogP) is 3.85. The van der Waals surface area contributed by atoms with E-state index in [1.54, 1.807) is 7.11 Å². The molecule has 0 bridgehead atoms. The fourth-order valence-corrected chi connectivity index (χ4v) is 3.14. The lowest BCUT2D eigenvalue weighted by atomic mass is 9.96. The average Bonchev–Trinajstić information content (AvgIpc) is 2.65. The highest BCUT2D eigenvalue weighted by Gasteiger charge is 2.28. The molecular formula is C21H25NO4. The summed E-state index contributed by atoms with van der Waals surface area (Å²) in [6.07, 6.45) is -0.650. The molecule has 0 aliphatic carbocycles. The Bertz CT molecular complexity index is 801. The molecule has 1 amide bonds. The molecule has 0 saturated heterocycles. The first-order chi connectivity index (χ1) is 12.5. The molecule has 1 heterocycles. The highest BCUT2D eigenvalue weighted by atomic mass is 16.7. The zero-order valence-corrected chi connectivity index (χ0v) is 15.7. The number of para-hydroxylation sites is 1. The summed E-state index contributed by atoms with van der Waals surface area (Å²) in [5.74, 6) is 1.75. The Hall–Kier alpha value is -2.53. The number of nitrogens with one attached hydrogen (secondary N) is 1. The Morgan fingerprint density at radius 3 is 2.81 bits per heavy atom. The monoisotopic (exact) mass is 355 g/mol. The highest BCUT2D eigenvalue weighted by Crippen LogP contribution is 2.32. The third kappa shape index (κ3) is 3.68. The van der Waals surface area contributed by atoms with Gasteiger partial charge < -0.3 is 19.5 Å². The first-order valence-electron chi connectivity index (χ1n) is 8.79. The number of ether oxygens (including phenoxy) is 3. The maximum absolute atomic E-state index is 12.7. The summed E-state index contributed by atoms with van der Waals surface area (Å²) >= 11 is 0. The Labute approximate surface area is 154 Å². The second kappa shape index (κ2) is 7.79. The van der Waals surface area contributed by atoms with E-state index in [0.717, 1.165) is 28.0 Å². The van der Waals surface area contributed by atoms with Gasteiger partial charge in [-0.25, -0.2) is 0 Å². The zero-order valence-electron chi connectivity index (χ0n) is 15.7. The third-order valence-electron chi connectivity index (χ3n) is 4.65. The first-order valence-corrected chi connectivity index (χ1v) is 8.79. The van der Waals surface area contributed by atoms with Gasteiger partial charge in [0.15, 0.2) is 12.9 Å². The largest absolute Gasteiger partial charge is 0.496 e. The number of carbonyl (C=O) groups is 1. The molecule has 26 heavy (non-hydrogen) atoms. The van der Waals surface area contributed by atoms with E-state index in [0.29, 0.717) is 18.2 Å². The van der Waals surface area contributed by atoms with Crippen molar-refractivity contribution in [3.63, 3.8) is 0 Å². The van der Waals surface area contributed by atoms with Crippen molar-refractivity contribution in [2.75, 3.05) is 13.9 Å². The third-order valence-corrected chi connectivity index (χ3v) is 4.65. The standard InChI is InChI=1S/C21H25NO4/c1-13(2)17-10-15(14(3)9-19(17)24-4)11-22-21(23)20-16-7-5-6-8-18(16)25-12-26-20/h5-10,13,20H,11-12H2,1-4H3,(H,22,23)/t20-/m0/s1. The Balaban J connectivity index is 1.75. The minimum Gasteiger partial charge on any atom is -0.496 e. The van der Waals surface area contributed by atoms with Crippen LogP contribution in [0, 0.1) is 6.92 Å². The number of carbonyl (C=O) groups excluding carboxylic acids is 1. The van der Waals surface area contributed by atoms with Gasteiger partial charge in [0.25, 0.3) is 5.91 Å². The number of aryl methyl sites for hydroxylation is 1. The van der Waals surface area contributed by atoms with E-state index in [1.807, 2.05) is 37.3 Å². The van der Waals surface area contributed by atoms with Crippen molar-refractivity contribution >= 4 is 5.91 Å². The van der Waals surface area contributed by atoms with E-state index >= 15 is 0 Å². The van der Waals surface area contributed by atoms with Gasteiger partial charge in [-0.3, -0.25) is 4.79 Å². The van der Waals surface area contributed by atoms with Gasteiger partial charge in [0.05, 0.1) is 7.11 Å². The van der Waals surface area contributed by atoms with Crippen LogP contribution in [-0.2, 0) is 16.1 Å². The maximum Gasteiger partial charge on any atom is 0.254 e. The molecule has 0 radical (unpaired) electrons. The number of hydrogen-bond acceptors (Lipinski definition) is 4. The lowest BCUT2D eigenvalue weighted by molar-refractivity contribution is -0.142. The fraction of sp³-hybridized carbons (Fsp3) is 0.381. The summed E-state index contributed by atoms with van der Waals surface area (Å²) in [5, 5.41) is 2.99. The van der Waals surface area contributed by atoms with Crippen molar-refractivity contribution in [1.29, 1.82) is 0 Å². The minimum atomic E-state index is -0.650. The van der Waals surface area contributed by atoms with E-state index < -0.39 is 6.10 Å².